The van der Waals surface area contributed by atoms with Crippen LogP contribution in [0.5, 0.6) is 0 Å². The lowest BCUT2D eigenvalue weighted by Crippen LogP contribution is -2.22. The fraction of sp³-hybridized carbons (Fsp3) is 0.0556. The van der Waals surface area contributed by atoms with Crippen molar-refractivity contribution in [2.75, 3.05) is 0 Å². The molecule has 0 unspecified atom stereocenters. The van der Waals surface area contributed by atoms with Crippen LogP contribution in [-0.4, -0.2) is 33.4 Å². The highest BCUT2D eigenvalue weighted by Gasteiger charge is 2.30. The van der Waals surface area contributed by atoms with Crippen molar-refractivity contribution >= 4 is 34.9 Å². The maximum Gasteiger partial charge on any atom is 0.339 e. The Morgan fingerprint density at radius 2 is 0.792 bits per heavy atom. The largest absolute Gasteiger partial charge is 0.445 e. The van der Waals surface area contributed by atoms with Gasteiger partial charge in [0.05, 0.1) is 21.0 Å². The van der Waals surface area contributed by atoms with Gasteiger partial charge in [0.1, 0.15) is 0 Å². The summed E-state index contributed by atoms with van der Waals surface area (Å²) in [6.45, 7) is 0. The standard InChI is InChI=1S/C36H24N2O10/c39-31(23-8-3-1-4-9-23)33(25-14-18-29(19-15-25)37(43)44)47-35(41)27-12-7-13-28(22-27)36(42)48-34(32(40)24-10-5-2-6-11-24)26-16-20-30(21-17-26)38(45)46/h1-22,33-34H/t33-,34-/m1/s1. The molecule has 48 heavy (non-hydrogen) atoms. The Balaban J connectivity index is 1.41. The number of benzene rings is 5. The predicted octanol–water partition coefficient (Wildman–Crippen LogP) is 7.07. The number of nitro groups is 2. The Bertz CT molecular complexity index is 1850. The summed E-state index contributed by atoms with van der Waals surface area (Å²) in [5.74, 6) is -3.13. The first-order valence-electron chi connectivity index (χ1n) is 14.3. The van der Waals surface area contributed by atoms with E-state index in [-0.39, 0.29) is 44.8 Å². The molecule has 0 bridgehead atoms. The number of non-ortho nitro benzene ring substituents is 2. The van der Waals surface area contributed by atoms with E-state index in [1.54, 1.807) is 36.4 Å². The summed E-state index contributed by atoms with van der Waals surface area (Å²) < 4.78 is 11.3. The zero-order chi connectivity index (χ0) is 34.2. The normalized spacial score (nSPS) is 11.8. The summed E-state index contributed by atoms with van der Waals surface area (Å²) in [4.78, 5) is 74.8. The fourth-order valence-corrected chi connectivity index (χ4v) is 4.72. The minimum atomic E-state index is -1.48. The molecule has 0 heterocycles. The summed E-state index contributed by atoms with van der Waals surface area (Å²) >= 11 is 0. The average Bonchev–Trinajstić information content (AvgIpc) is 3.13. The molecule has 5 aromatic carbocycles. The van der Waals surface area contributed by atoms with Crippen molar-refractivity contribution < 1.29 is 38.5 Å². The predicted molar refractivity (Wildman–Crippen MR) is 170 cm³/mol. The van der Waals surface area contributed by atoms with E-state index in [0.29, 0.717) is 0 Å². The molecule has 0 aliphatic rings. The van der Waals surface area contributed by atoms with Gasteiger partial charge in [0.15, 0.2) is 12.2 Å². The third-order valence-corrected chi connectivity index (χ3v) is 7.19. The van der Waals surface area contributed by atoms with Gasteiger partial charge in [0.25, 0.3) is 11.4 Å². The van der Waals surface area contributed by atoms with Gasteiger partial charge in [-0.1, -0.05) is 66.7 Å². The summed E-state index contributed by atoms with van der Waals surface area (Å²) in [7, 11) is 0. The van der Waals surface area contributed by atoms with Crippen molar-refractivity contribution in [3.63, 3.8) is 0 Å². The molecule has 12 heteroatoms. The van der Waals surface area contributed by atoms with E-state index < -0.39 is 45.6 Å². The number of esters is 2. The highest BCUT2D eigenvalue weighted by atomic mass is 16.6. The zero-order valence-corrected chi connectivity index (χ0v) is 24.8. The first-order valence-corrected chi connectivity index (χ1v) is 14.3. The van der Waals surface area contributed by atoms with Crippen LogP contribution in [0.1, 0.15) is 64.8 Å². The van der Waals surface area contributed by atoms with E-state index in [2.05, 4.69) is 0 Å². The number of Topliss-reactive ketones (excluding diaryl/α,β-unsaturated/α-hetero) is 2. The van der Waals surface area contributed by atoms with Crippen LogP contribution in [0.3, 0.4) is 0 Å². The SMILES string of the molecule is O=C(O[C@@H](C(=O)c1ccccc1)c1ccc([N+](=O)[O-])cc1)c1cccc(C(=O)O[C@@H](C(=O)c2ccccc2)c2ccc([N+](=O)[O-])cc2)c1. The molecule has 5 rings (SSSR count). The lowest BCUT2D eigenvalue weighted by Gasteiger charge is -2.19. The lowest BCUT2D eigenvalue weighted by atomic mass is 9.99. The second-order valence-corrected chi connectivity index (χ2v) is 10.3. The Hall–Kier alpha value is -6.82. The summed E-state index contributed by atoms with van der Waals surface area (Å²) in [5.41, 5.74) is 0.127. The molecule has 238 valence electrons. The molecular formula is C36H24N2O10. The minimum absolute atomic E-state index is 0.126. The summed E-state index contributed by atoms with van der Waals surface area (Å²) in [6, 6.07) is 31.3. The zero-order valence-electron chi connectivity index (χ0n) is 24.8. The van der Waals surface area contributed by atoms with Crippen LogP contribution in [0.15, 0.2) is 133 Å². The van der Waals surface area contributed by atoms with Gasteiger partial charge >= 0.3 is 11.9 Å². The van der Waals surface area contributed by atoms with Crippen molar-refractivity contribution in [3.05, 3.63) is 187 Å². The van der Waals surface area contributed by atoms with Gasteiger partial charge in [0.2, 0.25) is 11.6 Å². The monoisotopic (exact) mass is 644 g/mol. The topological polar surface area (TPSA) is 173 Å². The van der Waals surface area contributed by atoms with Crippen molar-refractivity contribution in [2.45, 2.75) is 12.2 Å². The molecule has 0 aliphatic heterocycles. The van der Waals surface area contributed by atoms with Crippen LogP contribution in [0.4, 0.5) is 11.4 Å². The second-order valence-electron chi connectivity index (χ2n) is 10.3. The van der Waals surface area contributed by atoms with Gasteiger partial charge in [-0.25, -0.2) is 9.59 Å². The van der Waals surface area contributed by atoms with Crippen LogP contribution >= 0.6 is 0 Å². The number of hydrogen-bond donors (Lipinski definition) is 0. The summed E-state index contributed by atoms with van der Waals surface area (Å²) in [5, 5.41) is 22.3. The molecule has 0 fully saturated rings. The fourth-order valence-electron chi connectivity index (χ4n) is 4.72. The molecule has 0 spiro atoms. The molecular weight excluding hydrogens is 620 g/mol. The van der Waals surface area contributed by atoms with Gasteiger partial charge in [-0.15, -0.1) is 0 Å². The number of rotatable bonds is 12. The van der Waals surface area contributed by atoms with Gasteiger partial charge in [-0.3, -0.25) is 29.8 Å². The van der Waals surface area contributed by atoms with E-state index >= 15 is 0 Å². The van der Waals surface area contributed by atoms with Gasteiger partial charge in [-0.2, -0.15) is 0 Å². The Morgan fingerprint density at radius 1 is 0.458 bits per heavy atom. The third-order valence-electron chi connectivity index (χ3n) is 7.19. The molecule has 2 atom stereocenters. The number of carbonyl (C=O) groups excluding carboxylic acids is 4. The molecule has 0 amide bonds. The number of nitrogens with zero attached hydrogens (tertiary/aromatic N) is 2. The molecule has 0 aliphatic carbocycles. The van der Waals surface area contributed by atoms with E-state index in [1.165, 1.54) is 97.1 Å². The minimum Gasteiger partial charge on any atom is -0.445 e. The Morgan fingerprint density at radius 3 is 1.12 bits per heavy atom. The highest BCUT2D eigenvalue weighted by molar-refractivity contribution is 6.04. The first-order chi connectivity index (χ1) is 23.1. The van der Waals surface area contributed by atoms with Crippen LogP contribution < -0.4 is 0 Å². The molecule has 0 N–H and O–H groups in total. The first kappa shape index (κ1) is 32.6. The molecule has 0 saturated carbocycles. The van der Waals surface area contributed by atoms with Gasteiger partial charge in [0, 0.05) is 46.5 Å². The maximum absolute atomic E-state index is 13.4. The molecule has 0 saturated heterocycles. The third kappa shape index (κ3) is 7.51. The van der Waals surface area contributed by atoms with Gasteiger partial charge in [-0.05, 0) is 42.5 Å². The van der Waals surface area contributed by atoms with Crippen LogP contribution in [0, 0.1) is 20.2 Å². The molecule has 0 radical (unpaired) electrons. The van der Waals surface area contributed by atoms with Crippen molar-refractivity contribution in [3.8, 4) is 0 Å². The van der Waals surface area contributed by atoms with Crippen molar-refractivity contribution in [1.82, 2.24) is 0 Å². The van der Waals surface area contributed by atoms with Crippen molar-refractivity contribution in [1.29, 1.82) is 0 Å². The Kier molecular flexibility index (Phi) is 9.85. The van der Waals surface area contributed by atoms with Crippen molar-refractivity contribution in [2.24, 2.45) is 0 Å². The van der Waals surface area contributed by atoms with E-state index in [0.717, 1.165) is 0 Å². The quantitative estimate of drug-likeness (QED) is 0.0592. The molecule has 5 aromatic rings. The second kappa shape index (κ2) is 14.5. The average molecular weight is 645 g/mol. The molecule has 0 aromatic heterocycles. The number of carbonyl (C=O) groups is 4. The van der Waals surface area contributed by atoms with E-state index in [4.69, 9.17) is 9.47 Å². The maximum atomic E-state index is 13.4. The van der Waals surface area contributed by atoms with Gasteiger partial charge < -0.3 is 9.47 Å². The lowest BCUT2D eigenvalue weighted by molar-refractivity contribution is -0.385. The van der Waals surface area contributed by atoms with Crippen LogP contribution in [0.25, 0.3) is 0 Å². The van der Waals surface area contributed by atoms with E-state index in [9.17, 15) is 39.4 Å². The molecule has 12 nitrogen and oxygen atoms in total. The summed E-state index contributed by atoms with van der Waals surface area (Å²) in [6.07, 6.45) is -2.96. The number of hydrogen-bond acceptors (Lipinski definition) is 10. The smallest absolute Gasteiger partial charge is 0.339 e. The van der Waals surface area contributed by atoms with Crippen LogP contribution in [-0.2, 0) is 9.47 Å². The Labute approximate surface area is 272 Å². The number of nitro benzene ring substituents is 2. The highest BCUT2D eigenvalue weighted by Crippen LogP contribution is 2.28. The van der Waals surface area contributed by atoms with E-state index in [1.807, 2.05) is 0 Å². The number of ether oxygens (including phenoxy) is 2. The number of ketones is 2. The van der Waals surface area contributed by atoms with Crippen LogP contribution in [0.2, 0.25) is 0 Å².